The standard InChI is InChI=1S/C22H40O6/c1-4-5-6-7-8-9-10-11-12-13-14-15-16-17-18-22(19(23)24,20(25)27-2)21(26)28-3/h4-18H2,1-3H3,(H,23,24). The van der Waals surface area contributed by atoms with Crippen LogP contribution in [0.5, 0.6) is 0 Å². The summed E-state index contributed by atoms with van der Waals surface area (Å²) in [4.78, 5) is 35.5. The van der Waals surface area contributed by atoms with E-state index in [1.54, 1.807) is 0 Å². The second-order valence-corrected chi connectivity index (χ2v) is 7.54. The zero-order valence-corrected chi connectivity index (χ0v) is 18.1. The van der Waals surface area contributed by atoms with Crippen molar-refractivity contribution in [1.29, 1.82) is 0 Å². The summed E-state index contributed by atoms with van der Waals surface area (Å²) in [5.74, 6) is -3.65. The number of hydrogen-bond acceptors (Lipinski definition) is 5. The topological polar surface area (TPSA) is 89.9 Å². The van der Waals surface area contributed by atoms with E-state index >= 15 is 0 Å². The number of carbonyl (C=O) groups is 3. The van der Waals surface area contributed by atoms with Crippen LogP contribution >= 0.6 is 0 Å². The highest BCUT2D eigenvalue weighted by molar-refractivity contribution is 6.17. The molecule has 0 heterocycles. The van der Waals surface area contributed by atoms with Gasteiger partial charge in [-0.1, -0.05) is 96.8 Å². The molecule has 28 heavy (non-hydrogen) atoms. The largest absolute Gasteiger partial charge is 0.480 e. The number of hydrogen-bond donors (Lipinski definition) is 1. The average Bonchev–Trinajstić information content (AvgIpc) is 2.69. The molecule has 0 rings (SSSR count). The molecular formula is C22H40O6. The second-order valence-electron chi connectivity index (χ2n) is 7.54. The number of ether oxygens (including phenoxy) is 2. The molecule has 0 aromatic carbocycles. The summed E-state index contributed by atoms with van der Waals surface area (Å²) >= 11 is 0. The lowest BCUT2D eigenvalue weighted by Gasteiger charge is -2.23. The molecule has 164 valence electrons. The third-order valence-corrected chi connectivity index (χ3v) is 5.34. The Balaban J connectivity index is 3.91. The smallest absolute Gasteiger partial charge is 0.334 e. The first kappa shape index (κ1) is 26.4. The van der Waals surface area contributed by atoms with Gasteiger partial charge in [-0.05, 0) is 6.42 Å². The SMILES string of the molecule is CCCCCCCCCCCCCCCCC(C(=O)O)(C(=O)OC)C(=O)OC. The molecule has 0 aliphatic carbocycles. The van der Waals surface area contributed by atoms with Crippen LogP contribution in [0.3, 0.4) is 0 Å². The molecule has 0 aromatic rings. The van der Waals surface area contributed by atoms with Crippen LogP contribution in [-0.2, 0) is 23.9 Å². The molecule has 1 N–H and O–H groups in total. The molecule has 0 unspecified atom stereocenters. The molecule has 6 nitrogen and oxygen atoms in total. The summed E-state index contributed by atoms with van der Waals surface area (Å²) in [6.07, 6.45) is 16.3. The molecule has 0 fully saturated rings. The molecule has 6 heteroatoms. The van der Waals surface area contributed by atoms with Crippen LogP contribution in [0.1, 0.15) is 103 Å². The summed E-state index contributed by atoms with van der Waals surface area (Å²) in [7, 11) is 2.16. The number of esters is 2. The number of carbonyl (C=O) groups excluding carboxylic acids is 2. The van der Waals surface area contributed by atoms with E-state index in [9.17, 15) is 19.5 Å². The Bertz CT molecular complexity index is 430. The zero-order chi connectivity index (χ0) is 21.3. The normalized spacial score (nSPS) is 11.2. The third-order valence-electron chi connectivity index (χ3n) is 5.34. The monoisotopic (exact) mass is 400 g/mol. The van der Waals surface area contributed by atoms with Crippen molar-refractivity contribution in [3.05, 3.63) is 0 Å². The van der Waals surface area contributed by atoms with E-state index in [0.717, 1.165) is 33.5 Å². The van der Waals surface area contributed by atoms with Gasteiger partial charge in [-0.15, -0.1) is 0 Å². The number of aliphatic carboxylic acids is 1. The highest BCUT2D eigenvalue weighted by atomic mass is 16.5. The number of unbranched alkanes of at least 4 members (excludes halogenated alkanes) is 13. The van der Waals surface area contributed by atoms with Gasteiger partial charge in [-0.2, -0.15) is 0 Å². The first-order valence-corrected chi connectivity index (χ1v) is 10.9. The van der Waals surface area contributed by atoms with Crippen LogP contribution in [0, 0.1) is 5.41 Å². The molecule has 0 aliphatic heterocycles. The van der Waals surface area contributed by atoms with Crippen LogP contribution in [0.2, 0.25) is 0 Å². The maximum Gasteiger partial charge on any atom is 0.334 e. The zero-order valence-electron chi connectivity index (χ0n) is 18.1. The van der Waals surface area contributed by atoms with Gasteiger partial charge >= 0.3 is 17.9 Å². The Kier molecular flexibility index (Phi) is 15.4. The van der Waals surface area contributed by atoms with E-state index in [-0.39, 0.29) is 6.42 Å². The van der Waals surface area contributed by atoms with Crippen LogP contribution in [-0.4, -0.2) is 37.2 Å². The molecule has 0 radical (unpaired) electrons. The molecular weight excluding hydrogens is 360 g/mol. The van der Waals surface area contributed by atoms with Crippen molar-refractivity contribution in [1.82, 2.24) is 0 Å². The van der Waals surface area contributed by atoms with Crippen LogP contribution in [0.15, 0.2) is 0 Å². The van der Waals surface area contributed by atoms with E-state index in [0.29, 0.717) is 6.42 Å². The van der Waals surface area contributed by atoms with Crippen molar-refractivity contribution in [3.8, 4) is 0 Å². The summed E-state index contributed by atoms with van der Waals surface area (Å²) in [6.45, 7) is 2.24. The Morgan fingerprint density at radius 1 is 0.643 bits per heavy atom. The first-order valence-electron chi connectivity index (χ1n) is 10.9. The van der Waals surface area contributed by atoms with Crippen LogP contribution in [0.4, 0.5) is 0 Å². The molecule has 0 amide bonds. The third kappa shape index (κ3) is 9.56. The minimum atomic E-state index is -2.25. The van der Waals surface area contributed by atoms with Gasteiger partial charge in [-0.25, -0.2) is 0 Å². The second kappa shape index (κ2) is 16.4. The van der Waals surface area contributed by atoms with Crippen molar-refractivity contribution in [2.24, 2.45) is 5.41 Å². The molecule has 0 aromatic heterocycles. The Morgan fingerprint density at radius 2 is 0.964 bits per heavy atom. The molecule has 0 saturated heterocycles. The maximum atomic E-state index is 11.9. The molecule has 0 atom stereocenters. The number of methoxy groups -OCH3 is 2. The van der Waals surface area contributed by atoms with Crippen LogP contribution < -0.4 is 0 Å². The van der Waals surface area contributed by atoms with Crippen molar-refractivity contribution in [3.63, 3.8) is 0 Å². The summed E-state index contributed by atoms with van der Waals surface area (Å²) in [5.41, 5.74) is -2.25. The Hall–Kier alpha value is -1.59. The fourth-order valence-corrected chi connectivity index (χ4v) is 3.50. The molecule has 0 aliphatic rings. The van der Waals surface area contributed by atoms with Gasteiger partial charge in [0.25, 0.3) is 5.41 Å². The van der Waals surface area contributed by atoms with E-state index in [2.05, 4.69) is 16.4 Å². The molecule has 0 spiro atoms. The minimum Gasteiger partial charge on any atom is -0.480 e. The van der Waals surface area contributed by atoms with Crippen molar-refractivity contribution < 1.29 is 29.0 Å². The van der Waals surface area contributed by atoms with Crippen molar-refractivity contribution in [2.75, 3.05) is 14.2 Å². The lowest BCUT2D eigenvalue weighted by molar-refractivity contribution is -0.179. The lowest BCUT2D eigenvalue weighted by Crippen LogP contribution is -2.47. The Labute approximate surface area is 170 Å². The summed E-state index contributed by atoms with van der Waals surface area (Å²) in [5, 5.41) is 9.43. The van der Waals surface area contributed by atoms with Gasteiger partial charge < -0.3 is 14.6 Å². The fraction of sp³-hybridized carbons (Fsp3) is 0.864. The van der Waals surface area contributed by atoms with E-state index < -0.39 is 23.3 Å². The minimum absolute atomic E-state index is 0.0975. The molecule has 0 saturated carbocycles. The summed E-state index contributed by atoms with van der Waals surface area (Å²) < 4.78 is 9.10. The quantitative estimate of drug-likeness (QED) is 0.191. The first-order chi connectivity index (χ1) is 13.5. The van der Waals surface area contributed by atoms with Gasteiger partial charge in [0.05, 0.1) is 14.2 Å². The van der Waals surface area contributed by atoms with E-state index in [1.165, 1.54) is 64.2 Å². The van der Waals surface area contributed by atoms with Gasteiger partial charge in [0.2, 0.25) is 0 Å². The maximum absolute atomic E-state index is 11.9. The van der Waals surface area contributed by atoms with Crippen LogP contribution in [0.25, 0.3) is 0 Å². The number of carboxylic acids is 1. The fourth-order valence-electron chi connectivity index (χ4n) is 3.50. The highest BCUT2D eigenvalue weighted by Gasteiger charge is 2.55. The van der Waals surface area contributed by atoms with Crippen molar-refractivity contribution >= 4 is 17.9 Å². The lowest BCUT2D eigenvalue weighted by atomic mass is 9.82. The van der Waals surface area contributed by atoms with Gasteiger partial charge in [0.1, 0.15) is 0 Å². The van der Waals surface area contributed by atoms with Gasteiger partial charge in [0.15, 0.2) is 0 Å². The average molecular weight is 401 g/mol. The predicted molar refractivity (Wildman–Crippen MR) is 109 cm³/mol. The van der Waals surface area contributed by atoms with Gasteiger partial charge in [-0.3, -0.25) is 14.4 Å². The molecule has 0 bridgehead atoms. The highest BCUT2D eigenvalue weighted by Crippen LogP contribution is 2.29. The number of rotatable bonds is 18. The van der Waals surface area contributed by atoms with Crippen molar-refractivity contribution in [2.45, 2.75) is 103 Å². The van der Waals surface area contributed by atoms with Gasteiger partial charge in [0, 0.05) is 0 Å². The summed E-state index contributed by atoms with van der Waals surface area (Å²) in [6, 6.07) is 0. The number of carboxylic acid groups (broad SMARTS) is 1. The van der Waals surface area contributed by atoms with E-state index in [4.69, 9.17) is 0 Å². The predicted octanol–water partition coefficient (Wildman–Crippen LogP) is 5.27. The Morgan fingerprint density at radius 3 is 1.25 bits per heavy atom. The van der Waals surface area contributed by atoms with E-state index in [1.807, 2.05) is 0 Å².